The largest absolute Gasteiger partial charge is 0.327 e. The SMILES string of the molecule is CCC1CC(N)CN(CC)C1. The highest BCUT2D eigenvalue weighted by Crippen LogP contribution is 2.17. The van der Waals surface area contributed by atoms with Crippen molar-refractivity contribution in [2.75, 3.05) is 19.6 Å². The third-order valence-corrected chi connectivity index (χ3v) is 2.67. The minimum atomic E-state index is 0.425. The van der Waals surface area contributed by atoms with Gasteiger partial charge in [-0.05, 0) is 18.9 Å². The fraction of sp³-hybridized carbons (Fsp3) is 1.00. The first kappa shape index (κ1) is 9.01. The molecule has 1 heterocycles. The summed E-state index contributed by atoms with van der Waals surface area (Å²) in [5.41, 5.74) is 5.93. The topological polar surface area (TPSA) is 29.3 Å². The molecule has 0 aromatic carbocycles. The molecule has 66 valence electrons. The van der Waals surface area contributed by atoms with Crippen molar-refractivity contribution >= 4 is 0 Å². The van der Waals surface area contributed by atoms with Crippen LogP contribution < -0.4 is 5.73 Å². The Labute approximate surface area is 69.8 Å². The maximum absolute atomic E-state index is 5.93. The number of nitrogens with two attached hydrogens (primary N) is 1. The van der Waals surface area contributed by atoms with Crippen LogP contribution in [0.4, 0.5) is 0 Å². The molecule has 0 amide bonds. The number of rotatable bonds is 2. The summed E-state index contributed by atoms with van der Waals surface area (Å²) in [5.74, 6) is 0.846. The Morgan fingerprint density at radius 3 is 2.64 bits per heavy atom. The Kier molecular flexibility index (Phi) is 3.34. The lowest BCUT2D eigenvalue weighted by Crippen LogP contribution is -2.46. The molecule has 2 N–H and O–H groups in total. The van der Waals surface area contributed by atoms with Gasteiger partial charge in [-0.15, -0.1) is 0 Å². The third kappa shape index (κ3) is 2.46. The molecule has 0 aliphatic carbocycles. The molecule has 2 unspecified atom stereocenters. The van der Waals surface area contributed by atoms with Crippen LogP contribution in [-0.2, 0) is 0 Å². The van der Waals surface area contributed by atoms with Crippen LogP contribution >= 0.6 is 0 Å². The van der Waals surface area contributed by atoms with Gasteiger partial charge in [-0.3, -0.25) is 0 Å². The highest BCUT2D eigenvalue weighted by Gasteiger charge is 2.22. The van der Waals surface area contributed by atoms with Crippen LogP contribution in [0.15, 0.2) is 0 Å². The van der Waals surface area contributed by atoms with Gasteiger partial charge in [0, 0.05) is 19.1 Å². The van der Waals surface area contributed by atoms with Crippen LogP contribution in [0.2, 0.25) is 0 Å². The summed E-state index contributed by atoms with van der Waals surface area (Å²) in [7, 11) is 0. The number of hydrogen-bond donors (Lipinski definition) is 1. The minimum absolute atomic E-state index is 0.425. The van der Waals surface area contributed by atoms with Crippen molar-refractivity contribution in [3.63, 3.8) is 0 Å². The quantitative estimate of drug-likeness (QED) is 0.648. The third-order valence-electron chi connectivity index (χ3n) is 2.67. The van der Waals surface area contributed by atoms with Crippen molar-refractivity contribution in [2.24, 2.45) is 11.7 Å². The van der Waals surface area contributed by atoms with E-state index in [-0.39, 0.29) is 0 Å². The second-order valence-corrected chi connectivity index (χ2v) is 3.62. The zero-order chi connectivity index (χ0) is 8.27. The monoisotopic (exact) mass is 156 g/mol. The maximum atomic E-state index is 5.93. The second-order valence-electron chi connectivity index (χ2n) is 3.62. The number of likely N-dealkylation sites (N-methyl/N-ethyl adjacent to an activating group) is 1. The van der Waals surface area contributed by atoms with Gasteiger partial charge in [0.05, 0.1) is 0 Å². The van der Waals surface area contributed by atoms with E-state index in [4.69, 9.17) is 5.73 Å². The molecule has 0 spiro atoms. The Morgan fingerprint density at radius 1 is 1.36 bits per heavy atom. The number of nitrogens with zero attached hydrogens (tertiary/aromatic N) is 1. The molecule has 11 heavy (non-hydrogen) atoms. The predicted octanol–water partition coefficient (Wildman–Crippen LogP) is 1.07. The Morgan fingerprint density at radius 2 is 2.09 bits per heavy atom. The summed E-state index contributed by atoms with van der Waals surface area (Å²) >= 11 is 0. The van der Waals surface area contributed by atoms with E-state index in [2.05, 4.69) is 18.7 Å². The van der Waals surface area contributed by atoms with E-state index >= 15 is 0 Å². The lowest BCUT2D eigenvalue weighted by Gasteiger charge is -2.35. The smallest absolute Gasteiger partial charge is 0.0170 e. The van der Waals surface area contributed by atoms with Crippen molar-refractivity contribution in [1.82, 2.24) is 4.90 Å². The average molecular weight is 156 g/mol. The van der Waals surface area contributed by atoms with Crippen molar-refractivity contribution in [1.29, 1.82) is 0 Å². The molecule has 1 saturated heterocycles. The molecule has 2 atom stereocenters. The van der Waals surface area contributed by atoms with Gasteiger partial charge in [-0.25, -0.2) is 0 Å². The van der Waals surface area contributed by atoms with E-state index in [0.29, 0.717) is 6.04 Å². The molecule has 1 aliphatic heterocycles. The van der Waals surface area contributed by atoms with Crippen molar-refractivity contribution < 1.29 is 0 Å². The highest BCUT2D eigenvalue weighted by atomic mass is 15.1. The molecular weight excluding hydrogens is 136 g/mol. The van der Waals surface area contributed by atoms with E-state index < -0.39 is 0 Å². The summed E-state index contributed by atoms with van der Waals surface area (Å²) < 4.78 is 0. The van der Waals surface area contributed by atoms with Gasteiger partial charge >= 0.3 is 0 Å². The standard InChI is InChI=1S/C9H20N2/c1-3-8-5-9(10)7-11(4-2)6-8/h8-9H,3-7,10H2,1-2H3. The van der Waals surface area contributed by atoms with Gasteiger partial charge in [-0.2, -0.15) is 0 Å². The first-order valence-electron chi connectivity index (χ1n) is 4.74. The summed E-state index contributed by atoms with van der Waals surface area (Å²) in [6, 6.07) is 0.425. The van der Waals surface area contributed by atoms with Crippen LogP contribution in [0.25, 0.3) is 0 Å². The van der Waals surface area contributed by atoms with E-state index in [0.717, 1.165) is 19.0 Å². The van der Waals surface area contributed by atoms with Crippen molar-refractivity contribution in [3.05, 3.63) is 0 Å². The summed E-state index contributed by atoms with van der Waals surface area (Å²) in [4.78, 5) is 2.46. The molecule has 1 fully saturated rings. The Balaban J connectivity index is 2.37. The van der Waals surface area contributed by atoms with Crippen molar-refractivity contribution in [2.45, 2.75) is 32.7 Å². The second kappa shape index (κ2) is 4.07. The minimum Gasteiger partial charge on any atom is -0.327 e. The zero-order valence-corrected chi connectivity index (χ0v) is 7.71. The molecule has 1 rings (SSSR count). The first-order chi connectivity index (χ1) is 5.26. The Hall–Kier alpha value is -0.0800. The van der Waals surface area contributed by atoms with Crippen LogP contribution in [-0.4, -0.2) is 30.6 Å². The average Bonchev–Trinajstić information content (AvgIpc) is 2.03. The molecule has 0 saturated carbocycles. The first-order valence-corrected chi connectivity index (χ1v) is 4.74. The molecule has 0 bridgehead atoms. The van der Waals surface area contributed by atoms with Crippen LogP contribution in [0.5, 0.6) is 0 Å². The van der Waals surface area contributed by atoms with Gasteiger partial charge in [-0.1, -0.05) is 20.3 Å². The number of hydrogen-bond acceptors (Lipinski definition) is 2. The van der Waals surface area contributed by atoms with E-state index in [1.165, 1.54) is 19.4 Å². The summed E-state index contributed by atoms with van der Waals surface area (Å²) in [6.07, 6.45) is 2.51. The summed E-state index contributed by atoms with van der Waals surface area (Å²) in [6.45, 7) is 8.00. The van der Waals surface area contributed by atoms with Crippen LogP contribution in [0.3, 0.4) is 0 Å². The number of likely N-dealkylation sites (tertiary alicyclic amines) is 1. The molecular formula is C9H20N2. The predicted molar refractivity (Wildman–Crippen MR) is 48.5 cm³/mol. The van der Waals surface area contributed by atoms with Crippen LogP contribution in [0.1, 0.15) is 26.7 Å². The van der Waals surface area contributed by atoms with Gasteiger partial charge in [0.2, 0.25) is 0 Å². The molecule has 0 aromatic heterocycles. The van der Waals surface area contributed by atoms with Crippen LogP contribution in [0, 0.1) is 5.92 Å². The number of piperidine rings is 1. The van der Waals surface area contributed by atoms with Gasteiger partial charge in [0.1, 0.15) is 0 Å². The van der Waals surface area contributed by atoms with Gasteiger partial charge in [0.15, 0.2) is 0 Å². The van der Waals surface area contributed by atoms with E-state index in [1.54, 1.807) is 0 Å². The molecule has 0 aromatic rings. The summed E-state index contributed by atoms with van der Waals surface area (Å²) in [5, 5.41) is 0. The molecule has 0 radical (unpaired) electrons. The zero-order valence-electron chi connectivity index (χ0n) is 7.71. The van der Waals surface area contributed by atoms with Crippen molar-refractivity contribution in [3.8, 4) is 0 Å². The normalized spacial score (nSPS) is 34.1. The lowest BCUT2D eigenvalue weighted by atomic mass is 9.93. The lowest BCUT2D eigenvalue weighted by molar-refractivity contribution is 0.161. The fourth-order valence-corrected chi connectivity index (χ4v) is 1.90. The maximum Gasteiger partial charge on any atom is 0.0170 e. The van der Waals surface area contributed by atoms with E-state index in [9.17, 15) is 0 Å². The fourth-order valence-electron chi connectivity index (χ4n) is 1.90. The molecule has 2 heteroatoms. The molecule has 2 nitrogen and oxygen atoms in total. The van der Waals surface area contributed by atoms with E-state index in [1.807, 2.05) is 0 Å². The highest BCUT2D eigenvalue weighted by molar-refractivity contribution is 4.79. The Bertz CT molecular complexity index is 102. The van der Waals surface area contributed by atoms with Gasteiger partial charge < -0.3 is 10.6 Å². The molecule has 1 aliphatic rings. The van der Waals surface area contributed by atoms with Gasteiger partial charge in [0.25, 0.3) is 0 Å².